The van der Waals surface area contributed by atoms with Crippen molar-refractivity contribution in [2.45, 2.75) is 6.42 Å². The van der Waals surface area contributed by atoms with Gasteiger partial charge >= 0.3 is 0 Å². The SMILES string of the molecule is C=CCN1C(=O)[C@@H]2[C@@H](C1=O)[C@H]1C=C[C@@H]2C1. The van der Waals surface area contributed by atoms with Gasteiger partial charge in [-0.15, -0.1) is 6.58 Å². The molecule has 0 radical (unpaired) electrons. The predicted octanol–water partition coefficient (Wildman–Crippen LogP) is 0.979. The van der Waals surface area contributed by atoms with Gasteiger partial charge in [-0.25, -0.2) is 0 Å². The maximum absolute atomic E-state index is 12.0. The van der Waals surface area contributed by atoms with Crippen LogP contribution in [0.5, 0.6) is 0 Å². The highest BCUT2D eigenvalue weighted by molar-refractivity contribution is 6.06. The molecule has 2 fully saturated rings. The summed E-state index contributed by atoms with van der Waals surface area (Å²) in [5.41, 5.74) is 0. The van der Waals surface area contributed by atoms with Crippen molar-refractivity contribution in [3.63, 3.8) is 0 Å². The summed E-state index contributed by atoms with van der Waals surface area (Å²) in [6.45, 7) is 3.94. The van der Waals surface area contributed by atoms with Crippen molar-refractivity contribution in [2.75, 3.05) is 6.54 Å². The fourth-order valence-corrected chi connectivity index (χ4v) is 3.27. The van der Waals surface area contributed by atoms with Gasteiger partial charge in [-0.1, -0.05) is 18.2 Å². The molecule has 3 aliphatic rings. The topological polar surface area (TPSA) is 37.4 Å². The van der Waals surface area contributed by atoms with E-state index in [-0.39, 0.29) is 23.7 Å². The summed E-state index contributed by atoms with van der Waals surface area (Å²) in [6, 6.07) is 0. The van der Waals surface area contributed by atoms with E-state index in [1.807, 2.05) is 0 Å². The maximum atomic E-state index is 12.0. The van der Waals surface area contributed by atoms with Crippen molar-refractivity contribution < 1.29 is 9.59 Å². The molecule has 1 saturated heterocycles. The second-order valence-electron chi connectivity index (χ2n) is 4.58. The van der Waals surface area contributed by atoms with Crippen LogP contribution < -0.4 is 0 Å². The molecule has 0 aromatic rings. The van der Waals surface area contributed by atoms with Crippen molar-refractivity contribution in [3.05, 3.63) is 24.8 Å². The first-order valence-electron chi connectivity index (χ1n) is 5.38. The van der Waals surface area contributed by atoms with Gasteiger partial charge in [0.2, 0.25) is 11.8 Å². The van der Waals surface area contributed by atoms with Crippen molar-refractivity contribution >= 4 is 11.8 Å². The number of imide groups is 1. The van der Waals surface area contributed by atoms with Crippen molar-refractivity contribution in [1.29, 1.82) is 0 Å². The Morgan fingerprint density at radius 2 is 1.80 bits per heavy atom. The summed E-state index contributed by atoms with van der Waals surface area (Å²) in [5, 5.41) is 0. The number of carbonyl (C=O) groups excluding carboxylic acids is 2. The Morgan fingerprint density at radius 1 is 1.27 bits per heavy atom. The highest BCUT2D eigenvalue weighted by Crippen LogP contribution is 2.52. The lowest BCUT2D eigenvalue weighted by Gasteiger charge is -2.14. The van der Waals surface area contributed by atoms with E-state index in [0.717, 1.165) is 6.42 Å². The average Bonchev–Trinajstić information content (AvgIpc) is 2.87. The standard InChI is InChI=1S/C12H13NO2/c1-2-5-13-11(14)9-7-3-4-8(6-7)10(9)12(13)15/h2-4,7-10H,1,5-6H2/t7-,8+,9-,10-/m0/s1. The van der Waals surface area contributed by atoms with Crippen LogP contribution in [0.1, 0.15) is 6.42 Å². The molecule has 0 spiro atoms. The molecule has 2 aliphatic carbocycles. The van der Waals surface area contributed by atoms with E-state index in [2.05, 4.69) is 18.7 Å². The lowest BCUT2D eigenvalue weighted by atomic mass is 9.85. The van der Waals surface area contributed by atoms with Gasteiger partial charge in [0.15, 0.2) is 0 Å². The fourth-order valence-electron chi connectivity index (χ4n) is 3.27. The summed E-state index contributed by atoms with van der Waals surface area (Å²) in [6.07, 6.45) is 6.82. The van der Waals surface area contributed by atoms with E-state index < -0.39 is 0 Å². The minimum Gasteiger partial charge on any atom is -0.278 e. The first kappa shape index (κ1) is 8.89. The van der Waals surface area contributed by atoms with Gasteiger partial charge < -0.3 is 0 Å². The van der Waals surface area contributed by atoms with Crippen LogP contribution in [0.15, 0.2) is 24.8 Å². The van der Waals surface area contributed by atoms with Crippen molar-refractivity contribution in [3.8, 4) is 0 Å². The zero-order chi connectivity index (χ0) is 10.6. The van der Waals surface area contributed by atoms with Crippen LogP contribution >= 0.6 is 0 Å². The number of allylic oxidation sites excluding steroid dienone is 2. The Morgan fingerprint density at radius 3 is 2.27 bits per heavy atom. The number of rotatable bonds is 2. The third kappa shape index (κ3) is 0.954. The second kappa shape index (κ2) is 2.81. The van der Waals surface area contributed by atoms with Gasteiger partial charge in [0.05, 0.1) is 11.8 Å². The third-order valence-corrected chi connectivity index (χ3v) is 3.87. The Bertz CT molecular complexity index is 355. The van der Waals surface area contributed by atoms with Crippen LogP contribution in [-0.4, -0.2) is 23.3 Å². The Labute approximate surface area is 88.4 Å². The Kier molecular flexibility index (Phi) is 1.67. The van der Waals surface area contributed by atoms with Crippen LogP contribution in [0.4, 0.5) is 0 Å². The van der Waals surface area contributed by atoms with Crippen LogP contribution in [0.2, 0.25) is 0 Å². The zero-order valence-electron chi connectivity index (χ0n) is 8.43. The van der Waals surface area contributed by atoms with E-state index in [1.54, 1.807) is 6.08 Å². The lowest BCUT2D eigenvalue weighted by molar-refractivity contribution is -0.140. The smallest absolute Gasteiger partial charge is 0.234 e. The van der Waals surface area contributed by atoms with Crippen LogP contribution in [0.25, 0.3) is 0 Å². The molecule has 3 heteroatoms. The maximum Gasteiger partial charge on any atom is 0.234 e. The normalized spacial score (nSPS) is 41.5. The molecule has 4 atom stereocenters. The van der Waals surface area contributed by atoms with Crippen molar-refractivity contribution in [2.24, 2.45) is 23.7 Å². The fraction of sp³-hybridized carbons (Fsp3) is 0.500. The molecule has 0 unspecified atom stereocenters. The lowest BCUT2D eigenvalue weighted by Crippen LogP contribution is -2.32. The third-order valence-electron chi connectivity index (χ3n) is 3.87. The van der Waals surface area contributed by atoms with Gasteiger partial charge in [0.25, 0.3) is 0 Å². The second-order valence-corrected chi connectivity index (χ2v) is 4.58. The average molecular weight is 203 g/mol. The molecule has 78 valence electrons. The minimum atomic E-state index is -0.0625. The highest BCUT2D eigenvalue weighted by Gasteiger charge is 2.58. The van der Waals surface area contributed by atoms with Crippen LogP contribution in [0.3, 0.4) is 0 Å². The van der Waals surface area contributed by atoms with Gasteiger partial charge in [-0.05, 0) is 18.3 Å². The molecule has 0 N–H and O–H groups in total. The monoisotopic (exact) mass is 203 g/mol. The molecule has 15 heavy (non-hydrogen) atoms. The van der Waals surface area contributed by atoms with Gasteiger partial charge in [-0.3, -0.25) is 14.5 Å². The number of fused-ring (bicyclic) bond motifs is 5. The van der Waals surface area contributed by atoms with Crippen LogP contribution in [-0.2, 0) is 9.59 Å². The Balaban J connectivity index is 1.96. The molecule has 1 saturated carbocycles. The van der Waals surface area contributed by atoms with E-state index in [4.69, 9.17) is 0 Å². The molecular formula is C12H13NO2. The van der Waals surface area contributed by atoms with Gasteiger partial charge in [-0.2, -0.15) is 0 Å². The predicted molar refractivity (Wildman–Crippen MR) is 54.6 cm³/mol. The van der Waals surface area contributed by atoms with E-state index >= 15 is 0 Å². The summed E-state index contributed by atoms with van der Waals surface area (Å²) in [5.74, 6) is 0.529. The molecule has 2 bridgehead atoms. The van der Waals surface area contributed by atoms with E-state index in [9.17, 15) is 9.59 Å². The Hall–Kier alpha value is -1.38. The largest absolute Gasteiger partial charge is 0.278 e. The quantitative estimate of drug-likeness (QED) is 0.495. The molecule has 3 nitrogen and oxygen atoms in total. The number of hydrogen-bond donors (Lipinski definition) is 0. The highest BCUT2D eigenvalue weighted by atomic mass is 16.2. The van der Waals surface area contributed by atoms with Gasteiger partial charge in [0, 0.05) is 6.54 Å². The van der Waals surface area contributed by atoms with Gasteiger partial charge in [0.1, 0.15) is 0 Å². The molecule has 1 aliphatic heterocycles. The number of amides is 2. The first-order chi connectivity index (χ1) is 7.24. The minimum absolute atomic E-state index is 0.0155. The first-order valence-corrected chi connectivity index (χ1v) is 5.38. The molecule has 0 aromatic carbocycles. The number of nitrogens with zero attached hydrogens (tertiary/aromatic N) is 1. The molecule has 0 aromatic heterocycles. The zero-order valence-corrected chi connectivity index (χ0v) is 8.43. The summed E-state index contributed by atoms with van der Waals surface area (Å²) in [4.78, 5) is 25.4. The van der Waals surface area contributed by atoms with Crippen molar-refractivity contribution in [1.82, 2.24) is 4.90 Å². The number of hydrogen-bond acceptors (Lipinski definition) is 2. The molecule has 3 rings (SSSR count). The van der Waals surface area contributed by atoms with E-state index in [1.165, 1.54) is 4.90 Å². The summed E-state index contributed by atoms with van der Waals surface area (Å²) >= 11 is 0. The van der Waals surface area contributed by atoms with E-state index in [0.29, 0.717) is 18.4 Å². The molecule has 1 heterocycles. The number of likely N-dealkylation sites (tertiary alicyclic amines) is 1. The molecular weight excluding hydrogens is 190 g/mol. The summed E-state index contributed by atoms with van der Waals surface area (Å²) in [7, 11) is 0. The number of carbonyl (C=O) groups is 2. The summed E-state index contributed by atoms with van der Waals surface area (Å²) < 4.78 is 0. The van der Waals surface area contributed by atoms with Crippen LogP contribution in [0, 0.1) is 23.7 Å². The molecule has 2 amide bonds.